The molecule has 0 aliphatic carbocycles. The van der Waals surface area contributed by atoms with Crippen LogP contribution in [0.15, 0.2) is 4.47 Å². The van der Waals surface area contributed by atoms with Gasteiger partial charge in [-0.25, -0.2) is 0 Å². The highest BCUT2D eigenvalue weighted by molar-refractivity contribution is 9.10. The van der Waals surface area contributed by atoms with Gasteiger partial charge < -0.3 is 0 Å². The monoisotopic (exact) mass is 363 g/mol. The smallest absolute Gasteiger partial charge is 0.0739 e. The summed E-state index contributed by atoms with van der Waals surface area (Å²) >= 11 is 7.28. The molecule has 1 aromatic rings. The fourth-order valence-electron chi connectivity index (χ4n) is 2.58. The average Bonchev–Trinajstić information content (AvgIpc) is 2.75. The highest BCUT2D eigenvalue weighted by Crippen LogP contribution is 2.29. The van der Waals surface area contributed by atoms with Crippen LogP contribution in [-0.2, 0) is 13.6 Å². The van der Waals surface area contributed by atoms with E-state index in [1.54, 1.807) is 0 Å². The molecule has 0 spiro atoms. The van der Waals surface area contributed by atoms with Gasteiger partial charge in [0, 0.05) is 25.0 Å². The van der Waals surface area contributed by atoms with E-state index in [4.69, 9.17) is 0 Å². The zero-order chi connectivity index (χ0) is 12.6. The van der Waals surface area contributed by atoms with E-state index in [1.165, 1.54) is 18.7 Å². The predicted octanol–water partition coefficient (Wildman–Crippen LogP) is 3.10. The van der Waals surface area contributed by atoms with E-state index in [-0.39, 0.29) is 0 Å². The van der Waals surface area contributed by atoms with Crippen molar-refractivity contribution in [1.29, 1.82) is 0 Å². The van der Waals surface area contributed by atoms with Gasteiger partial charge in [0.1, 0.15) is 0 Å². The molecule has 2 rings (SSSR count). The van der Waals surface area contributed by atoms with Crippen LogP contribution in [0.2, 0.25) is 0 Å². The summed E-state index contributed by atoms with van der Waals surface area (Å²) in [5.41, 5.74) is 2.35. The maximum atomic E-state index is 4.45. The van der Waals surface area contributed by atoms with Gasteiger partial charge in [0.2, 0.25) is 0 Å². The first kappa shape index (κ1) is 13.6. The molecule has 96 valence electrons. The molecular weight excluding hydrogens is 346 g/mol. The number of nitrogens with zero attached hydrogens (tertiary/aromatic N) is 3. The van der Waals surface area contributed by atoms with Crippen LogP contribution in [0.3, 0.4) is 0 Å². The summed E-state index contributed by atoms with van der Waals surface area (Å²) in [6, 6.07) is 0.650. The Labute approximate surface area is 120 Å². The summed E-state index contributed by atoms with van der Waals surface area (Å²) < 4.78 is 3.15. The van der Waals surface area contributed by atoms with Crippen LogP contribution in [0.25, 0.3) is 0 Å². The lowest BCUT2D eigenvalue weighted by atomic mass is 10.1. The van der Waals surface area contributed by atoms with Gasteiger partial charge in [-0.15, -0.1) is 0 Å². The third-order valence-corrected chi connectivity index (χ3v) is 5.47. The van der Waals surface area contributed by atoms with Gasteiger partial charge in [-0.1, -0.05) is 22.9 Å². The molecule has 0 N–H and O–H groups in total. The number of alkyl halides is 1. The molecule has 0 radical (unpaired) electrons. The second-order valence-corrected chi connectivity index (χ2v) is 6.37. The quantitative estimate of drug-likeness (QED) is 0.768. The molecule has 0 bridgehead atoms. The van der Waals surface area contributed by atoms with Gasteiger partial charge in [-0.05, 0) is 41.7 Å². The fourth-order valence-corrected chi connectivity index (χ4v) is 4.09. The molecule has 0 aromatic carbocycles. The van der Waals surface area contributed by atoms with Gasteiger partial charge in [0.05, 0.1) is 15.9 Å². The molecule has 0 amide bonds. The minimum absolute atomic E-state index is 0.650. The third-order valence-electron chi connectivity index (χ3n) is 3.77. The van der Waals surface area contributed by atoms with E-state index in [1.807, 2.05) is 18.7 Å². The summed E-state index contributed by atoms with van der Waals surface area (Å²) in [5, 5.41) is 5.51. The van der Waals surface area contributed by atoms with Gasteiger partial charge in [0.25, 0.3) is 0 Å². The fraction of sp³-hybridized carbons (Fsp3) is 0.750. The second-order valence-electron chi connectivity index (χ2n) is 4.93. The summed E-state index contributed by atoms with van der Waals surface area (Å²) in [5.74, 6) is 0.780. The minimum atomic E-state index is 0.650. The molecule has 5 heteroatoms. The number of aromatic nitrogens is 2. The van der Waals surface area contributed by atoms with Gasteiger partial charge in [0.15, 0.2) is 0 Å². The molecule has 2 atom stereocenters. The van der Waals surface area contributed by atoms with E-state index in [9.17, 15) is 0 Å². The summed E-state index contributed by atoms with van der Waals surface area (Å²) in [7, 11) is 2.02. The third kappa shape index (κ3) is 2.61. The van der Waals surface area contributed by atoms with Crippen LogP contribution in [0.5, 0.6) is 0 Å². The van der Waals surface area contributed by atoms with Crippen LogP contribution in [0.4, 0.5) is 0 Å². The van der Waals surface area contributed by atoms with Crippen LogP contribution in [0, 0.1) is 12.8 Å². The van der Waals surface area contributed by atoms with Crippen molar-refractivity contribution in [2.45, 2.75) is 32.9 Å². The molecule has 1 aliphatic rings. The largest absolute Gasteiger partial charge is 0.293 e. The van der Waals surface area contributed by atoms with Crippen molar-refractivity contribution in [2.75, 3.05) is 11.9 Å². The van der Waals surface area contributed by atoms with Crippen molar-refractivity contribution in [3.8, 4) is 0 Å². The van der Waals surface area contributed by atoms with Crippen LogP contribution in [-0.4, -0.2) is 32.6 Å². The lowest BCUT2D eigenvalue weighted by Gasteiger charge is -2.25. The van der Waals surface area contributed by atoms with E-state index in [0.717, 1.165) is 28.0 Å². The Bertz CT molecular complexity index is 403. The number of hydrogen-bond donors (Lipinski definition) is 0. The Morgan fingerprint density at radius 3 is 2.71 bits per heavy atom. The van der Waals surface area contributed by atoms with E-state index < -0.39 is 0 Å². The number of aryl methyl sites for hydroxylation is 2. The van der Waals surface area contributed by atoms with Gasteiger partial charge in [-0.2, -0.15) is 5.10 Å². The summed E-state index contributed by atoms with van der Waals surface area (Å²) in [4.78, 5) is 2.56. The first-order valence-electron chi connectivity index (χ1n) is 6.02. The van der Waals surface area contributed by atoms with Crippen molar-refractivity contribution in [3.63, 3.8) is 0 Å². The Morgan fingerprint density at radius 1 is 1.47 bits per heavy atom. The molecule has 3 nitrogen and oxygen atoms in total. The van der Waals surface area contributed by atoms with Crippen molar-refractivity contribution in [3.05, 3.63) is 15.9 Å². The molecule has 1 saturated heterocycles. The van der Waals surface area contributed by atoms with Crippen LogP contribution in [0.1, 0.15) is 24.7 Å². The average molecular weight is 365 g/mol. The Balaban J connectivity index is 2.15. The number of likely N-dealkylation sites (tertiary alicyclic amines) is 1. The van der Waals surface area contributed by atoms with E-state index in [0.29, 0.717) is 6.04 Å². The summed E-state index contributed by atoms with van der Waals surface area (Å²) in [6.45, 7) is 6.56. The molecule has 1 aromatic heterocycles. The van der Waals surface area contributed by atoms with E-state index >= 15 is 0 Å². The normalized spacial score (nSPS) is 25.7. The molecule has 0 saturated carbocycles. The molecule has 17 heavy (non-hydrogen) atoms. The minimum Gasteiger partial charge on any atom is -0.293 e. The molecule has 1 fully saturated rings. The van der Waals surface area contributed by atoms with Crippen LogP contribution >= 0.6 is 31.9 Å². The number of hydrogen-bond acceptors (Lipinski definition) is 2. The zero-order valence-electron chi connectivity index (χ0n) is 10.6. The van der Waals surface area contributed by atoms with E-state index in [2.05, 4.69) is 48.8 Å². The highest BCUT2D eigenvalue weighted by atomic mass is 79.9. The molecular formula is C12H19Br2N3. The Hall–Kier alpha value is 0.130. The number of rotatable bonds is 3. The van der Waals surface area contributed by atoms with Crippen molar-refractivity contribution in [2.24, 2.45) is 13.0 Å². The SMILES string of the molecule is Cc1nn(C)c(CN2CCC(C)C2CBr)c1Br. The van der Waals surface area contributed by atoms with Crippen molar-refractivity contribution >= 4 is 31.9 Å². The highest BCUT2D eigenvalue weighted by Gasteiger charge is 2.31. The number of halogens is 2. The molecule has 2 unspecified atom stereocenters. The summed E-state index contributed by atoms with van der Waals surface area (Å²) in [6.07, 6.45) is 1.30. The first-order chi connectivity index (χ1) is 8.04. The van der Waals surface area contributed by atoms with Gasteiger partial charge in [-0.3, -0.25) is 9.58 Å². The topological polar surface area (TPSA) is 21.1 Å². The molecule has 1 aliphatic heterocycles. The lowest BCUT2D eigenvalue weighted by Crippen LogP contribution is -2.33. The zero-order valence-corrected chi connectivity index (χ0v) is 13.8. The first-order valence-corrected chi connectivity index (χ1v) is 7.94. The second kappa shape index (κ2) is 5.41. The predicted molar refractivity (Wildman–Crippen MR) is 77.4 cm³/mol. The van der Waals surface area contributed by atoms with Gasteiger partial charge >= 0.3 is 0 Å². The molecule has 2 heterocycles. The maximum absolute atomic E-state index is 4.45. The maximum Gasteiger partial charge on any atom is 0.0739 e. The Kier molecular flexibility index (Phi) is 4.31. The van der Waals surface area contributed by atoms with Crippen LogP contribution < -0.4 is 0 Å². The van der Waals surface area contributed by atoms with Crippen molar-refractivity contribution in [1.82, 2.24) is 14.7 Å². The Morgan fingerprint density at radius 2 is 2.18 bits per heavy atom. The lowest BCUT2D eigenvalue weighted by molar-refractivity contribution is 0.238. The standard InChI is InChI=1S/C12H19Br2N3/c1-8-4-5-17(10(8)6-13)7-11-12(14)9(2)15-16(11)3/h8,10H,4-7H2,1-3H3. The van der Waals surface area contributed by atoms with Crippen molar-refractivity contribution < 1.29 is 0 Å².